The van der Waals surface area contributed by atoms with E-state index in [1.165, 1.54) is 17.0 Å². The summed E-state index contributed by atoms with van der Waals surface area (Å²) in [6.45, 7) is 3.55. The molecule has 3 aromatic rings. The van der Waals surface area contributed by atoms with Crippen molar-refractivity contribution in [3.8, 4) is 11.3 Å². The lowest BCUT2D eigenvalue weighted by atomic mass is 9.95. The normalized spacial score (nSPS) is 18.9. The molecule has 1 fully saturated rings. The van der Waals surface area contributed by atoms with Crippen LogP contribution in [-0.2, 0) is 19.4 Å². The number of halogens is 3. The van der Waals surface area contributed by atoms with Crippen LogP contribution in [0, 0.1) is 23.4 Å². The maximum Gasteiger partial charge on any atom is 0.412 e. The number of fused-ring (bicyclic) bond motifs is 1. The number of carbonyl (C=O) groups is 1. The molecule has 1 aliphatic carbocycles. The highest BCUT2D eigenvalue weighted by molar-refractivity contribution is 5.93. The molecule has 3 heterocycles. The Bertz CT molecular complexity index is 1320. The number of anilines is 2. The van der Waals surface area contributed by atoms with Gasteiger partial charge in [-0.05, 0) is 68.0 Å². The van der Waals surface area contributed by atoms with E-state index in [2.05, 4.69) is 27.5 Å². The van der Waals surface area contributed by atoms with Gasteiger partial charge in [0, 0.05) is 12.2 Å². The molecule has 2 aliphatic rings. The van der Waals surface area contributed by atoms with Gasteiger partial charge in [0.15, 0.2) is 0 Å². The zero-order valence-corrected chi connectivity index (χ0v) is 20.4. The third kappa shape index (κ3) is 4.98. The topological polar surface area (TPSA) is 90.4 Å². The van der Waals surface area contributed by atoms with E-state index in [4.69, 9.17) is 0 Å². The number of hydrogen-bond donors (Lipinski definition) is 3. The number of piperidine rings is 1. The second kappa shape index (κ2) is 10.4. The molecule has 5 rings (SSSR count). The zero-order valence-electron chi connectivity index (χ0n) is 20.4. The van der Waals surface area contributed by atoms with Gasteiger partial charge in [0.25, 0.3) is 0 Å². The molecule has 3 N–H and O–H groups in total. The summed E-state index contributed by atoms with van der Waals surface area (Å²) in [5, 5.41) is 16.8. The maximum absolute atomic E-state index is 14.5. The molecule has 2 atom stereocenters. The van der Waals surface area contributed by atoms with Gasteiger partial charge in [0.05, 0.1) is 41.4 Å². The largest absolute Gasteiger partial charge is 0.465 e. The van der Waals surface area contributed by atoms with Crippen LogP contribution in [0.1, 0.15) is 36.7 Å². The standard InChI is InChI=1S/C27H28F3N5O2/c1-15-10-17(13-31-11-15)35(27(36)37)26-18-4-2-7-22(18)33-14-23(26)32-12-16-8-9-21(30)25(34-16)24-19(28)5-3-6-20(24)29/h3,5-6,8-9,14-15,17,31-32H,2,4,7,10-13H2,1H3,(H,36,37)/t15-,17+/m1/s1. The summed E-state index contributed by atoms with van der Waals surface area (Å²) < 4.78 is 43.1. The third-order valence-electron chi connectivity index (χ3n) is 7.00. The van der Waals surface area contributed by atoms with Gasteiger partial charge in [-0.2, -0.15) is 0 Å². The fraction of sp³-hybridized carbons (Fsp3) is 0.370. The SMILES string of the molecule is C[C@H]1CNC[C@@H](N(C(=O)O)c2c(NCc3ccc(F)c(-c4c(F)cccc4F)n3)cnc3c2CCC3)C1. The van der Waals surface area contributed by atoms with E-state index in [0.29, 0.717) is 29.5 Å². The summed E-state index contributed by atoms with van der Waals surface area (Å²) in [6, 6.07) is 5.60. The van der Waals surface area contributed by atoms with Crippen LogP contribution in [0.3, 0.4) is 0 Å². The number of hydrogen-bond acceptors (Lipinski definition) is 5. The number of amides is 1. The number of carboxylic acid groups (broad SMARTS) is 1. The fourth-order valence-corrected chi connectivity index (χ4v) is 5.32. The molecule has 1 aliphatic heterocycles. The van der Waals surface area contributed by atoms with Gasteiger partial charge in [-0.15, -0.1) is 0 Å². The molecular weight excluding hydrogens is 483 g/mol. The van der Waals surface area contributed by atoms with Crippen molar-refractivity contribution >= 4 is 17.5 Å². The lowest BCUT2D eigenvalue weighted by molar-refractivity contribution is 0.195. The van der Waals surface area contributed by atoms with Crippen LogP contribution in [-0.4, -0.2) is 40.3 Å². The fourth-order valence-electron chi connectivity index (χ4n) is 5.32. The first-order valence-electron chi connectivity index (χ1n) is 12.4. The predicted octanol–water partition coefficient (Wildman–Crippen LogP) is 5.14. The molecule has 10 heteroatoms. The summed E-state index contributed by atoms with van der Waals surface area (Å²) in [7, 11) is 0. The van der Waals surface area contributed by atoms with Crippen LogP contribution >= 0.6 is 0 Å². The van der Waals surface area contributed by atoms with Crippen molar-refractivity contribution < 1.29 is 23.1 Å². The first-order valence-corrected chi connectivity index (χ1v) is 12.4. The number of benzene rings is 1. The molecule has 0 unspecified atom stereocenters. The van der Waals surface area contributed by atoms with E-state index in [0.717, 1.165) is 61.7 Å². The Balaban J connectivity index is 1.49. The second-order valence-corrected chi connectivity index (χ2v) is 9.69. The molecule has 0 bridgehead atoms. The van der Waals surface area contributed by atoms with Gasteiger partial charge >= 0.3 is 6.09 Å². The number of aryl methyl sites for hydroxylation is 1. The van der Waals surface area contributed by atoms with Crippen molar-refractivity contribution in [3.63, 3.8) is 0 Å². The summed E-state index contributed by atoms with van der Waals surface area (Å²) in [5.41, 5.74) is 2.28. The van der Waals surface area contributed by atoms with E-state index >= 15 is 0 Å². The number of nitrogens with one attached hydrogen (secondary N) is 2. The van der Waals surface area contributed by atoms with Crippen molar-refractivity contribution in [1.29, 1.82) is 0 Å². The molecule has 1 saturated heterocycles. The zero-order chi connectivity index (χ0) is 26.1. The summed E-state index contributed by atoms with van der Waals surface area (Å²) >= 11 is 0. The van der Waals surface area contributed by atoms with Crippen molar-refractivity contribution in [2.45, 2.75) is 45.2 Å². The molecule has 2 aromatic heterocycles. The lowest BCUT2D eigenvalue weighted by Crippen LogP contribution is -2.51. The highest BCUT2D eigenvalue weighted by Gasteiger charge is 2.34. The van der Waals surface area contributed by atoms with Crippen LogP contribution in [0.4, 0.5) is 29.3 Å². The van der Waals surface area contributed by atoms with Crippen molar-refractivity contribution in [2.24, 2.45) is 5.92 Å². The van der Waals surface area contributed by atoms with Gasteiger partial charge in [-0.25, -0.2) is 22.9 Å². The molecule has 37 heavy (non-hydrogen) atoms. The van der Waals surface area contributed by atoms with Gasteiger partial charge in [-0.3, -0.25) is 9.88 Å². The summed E-state index contributed by atoms with van der Waals surface area (Å²) in [6.07, 6.45) is 3.71. The first kappa shape index (κ1) is 25.0. The minimum absolute atomic E-state index is 0.0730. The van der Waals surface area contributed by atoms with Gasteiger partial charge < -0.3 is 15.7 Å². The highest BCUT2D eigenvalue weighted by Crippen LogP contribution is 2.39. The molecule has 1 aromatic carbocycles. The Morgan fingerprint density at radius 3 is 2.65 bits per heavy atom. The molecule has 1 amide bonds. The van der Waals surface area contributed by atoms with Crippen LogP contribution in [0.2, 0.25) is 0 Å². The van der Waals surface area contributed by atoms with Crippen LogP contribution in [0.15, 0.2) is 36.5 Å². The van der Waals surface area contributed by atoms with E-state index in [-0.39, 0.29) is 12.6 Å². The molecule has 0 saturated carbocycles. The van der Waals surface area contributed by atoms with Gasteiger partial charge in [-0.1, -0.05) is 13.0 Å². The lowest BCUT2D eigenvalue weighted by Gasteiger charge is -2.37. The Kier molecular flexibility index (Phi) is 7.01. The number of aromatic nitrogens is 2. The average molecular weight is 512 g/mol. The predicted molar refractivity (Wildman–Crippen MR) is 134 cm³/mol. The minimum atomic E-state index is -1.04. The Morgan fingerprint density at radius 1 is 1.14 bits per heavy atom. The quantitative estimate of drug-likeness (QED) is 0.425. The first-order chi connectivity index (χ1) is 17.8. The molecule has 0 radical (unpaired) electrons. The number of rotatable bonds is 6. The third-order valence-corrected chi connectivity index (χ3v) is 7.00. The van der Waals surface area contributed by atoms with E-state index in [1.807, 2.05) is 0 Å². The minimum Gasteiger partial charge on any atom is -0.465 e. The monoisotopic (exact) mass is 511 g/mol. The number of pyridine rings is 2. The van der Waals surface area contributed by atoms with E-state index in [9.17, 15) is 23.1 Å². The molecule has 7 nitrogen and oxygen atoms in total. The molecule has 194 valence electrons. The molecular formula is C27H28F3N5O2. The van der Waals surface area contributed by atoms with Crippen molar-refractivity contribution in [1.82, 2.24) is 15.3 Å². The smallest absolute Gasteiger partial charge is 0.412 e. The van der Waals surface area contributed by atoms with Crippen LogP contribution in [0.25, 0.3) is 11.3 Å². The second-order valence-electron chi connectivity index (χ2n) is 9.69. The highest BCUT2D eigenvalue weighted by atomic mass is 19.1. The Morgan fingerprint density at radius 2 is 1.92 bits per heavy atom. The van der Waals surface area contributed by atoms with E-state index in [1.54, 1.807) is 6.20 Å². The Hall–Kier alpha value is -3.66. The van der Waals surface area contributed by atoms with Gasteiger partial charge in [0.1, 0.15) is 23.1 Å². The Labute approximate surface area is 212 Å². The molecule has 0 spiro atoms. The van der Waals surface area contributed by atoms with Crippen LogP contribution < -0.4 is 15.5 Å². The summed E-state index contributed by atoms with van der Waals surface area (Å²) in [4.78, 5) is 22.7. The van der Waals surface area contributed by atoms with Gasteiger partial charge in [0.2, 0.25) is 0 Å². The maximum atomic E-state index is 14.5. The number of nitrogens with zero attached hydrogens (tertiary/aromatic N) is 3. The van der Waals surface area contributed by atoms with Crippen molar-refractivity contribution in [2.75, 3.05) is 23.3 Å². The summed E-state index contributed by atoms with van der Waals surface area (Å²) in [5.74, 6) is -2.33. The van der Waals surface area contributed by atoms with E-state index < -0.39 is 34.8 Å². The average Bonchev–Trinajstić information content (AvgIpc) is 3.34. The van der Waals surface area contributed by atoms with Crippen molar-refractivity contribution in [3.05, 3.63) is 70.9 Å². The van der Waals surface area contributed by atoms with Crippen LogP contribution in [0.5, 0.6) is 0 Å².